The van der Waals surface area contributed by atoms with Crippen LogP contribution in [0.1, 0.15) is 37.6 Å². The highest BCUT2D eigenvalue weighted by Crippen LogP contribution is 2.30. The zero-order chi connectivity index (χ0) is 24.5. The van der Waals surface area contributed by atoms with Gasteiger partial charge in [0.05, 0.1) is 17.6 Å². The molecule has 5 rings (SSSR count). The number of ketones is 2. The minimum Gasteiger partial charge on any atom is -0.469 e. The first-order valence-electron chi connectivity index (χ1n) is 10.8. The molecule has 2 heterocycles. The van der Waals surface area contributed by atoms with Crippen molar-refractivity contribution in [3.8, 4) is 11.4 Å². The molecule has 8 nitrogen and oxygen atoms in total. The molecule has 0 bridgehead atoms. The van der Waals surface area contributed by atoms with Gasteiger partial charge in [-0.25, -0.2) is 0 Å². The average Bonchev–Trinajstić information content (AvgIpc) is 3.46. The maximum atomic E-state index is 12.9. The third-order valence-electron chi connectivity index (χ3n) is 5.67. The van der Waals surface area contributed by atoms with Crippen molar-refractivity contribution in [3.63, 3.8) is 0 Å². The van der Waals surface area contributed by atoms with Gasteiger partial charge in [0.2, 0.25) is 5.91 Å². The van der Waals surface area contributed by atoms with Crippen molar-refractivity contribution in [2.24, 2.45) is 0 Å². The van der Waals surface area contributed by atoms with Crippen molar-refractivity contribution in [2.45, 2.75) is 18.6 Å². The maximum absolute atomic E-state index is 12.9. The molecule has 1 N–H and O–H groups in total. The van der Waals surface area contributed by atoms with E-state index in [1.807, 2.05) is 17.6 Å². The Balaban J connectivity index is 1.31. The number of thioether (sulfide) groups is 1. The number of allylic oxidation sites excluding steroid dienone is 1. The Morgan fingerprint density at radius 1 is 1.03 bits per heavy atom. The molecule has 0 radical (unpaired) electrons. The first-order chi connectivity index (χ1) is 17.0. The van der Waals surface area contributed by atoms with Gasteiger partial charge in [0, 0.05) is 34.5 Å². The summed E-state index contributed by atoms with van der Waals surface area (Å²) < 4.78 is 7.24. The summed E-state index contributed by atoms with van der Waals surface area (Å²) >= 11 is 1.24. The fourth-order valence-electron chi connectivity index (χ4n) is 4.01. The van der Waals surface area contributed by atoms with Crippen molar-refractivity contribution in [1.82, 2.24) is 14.8 Å². The molecule has 0 atom stereocenters. The van der Waals surface area contributed by atoms with Gasteiger partial charge in [0.1, 0.15) is 5.76 Å². The number of hydrogen-bond acceptors (Lipinski definition) is 7. The van der Waals surface area contributed by atoms with Gasteiger partial charge in [-0.3, -0.25) is 19.0 Å². The highest BCUT2D eigenvalue weighted by atomic mass is 32.2. The second-order valence-electron chi connectivity index (χ2n) is 7.90. The van der Waals surface area contributed by atoms with E-state index in [2.05, 4.69) is 22.1 Å². The number of amides is 1. The Morgan fingerprint density at radius 2 is 1.74 bits per heavy atom. The summed E-state index contributed by atoms with van der Waals surface area (Å²) in [6.45, 7) is 6.11. The second kappa shape index (κ2) is 9.19. The zero-order valence-corrected chi connectivity index (χ0v) is 19.6. The summed E-state index contributed by atoms with van der Waals surface area (Å²) in [4.78, 5) is 38.4. The third kappa shape index (κ3) is 4.10. The second-order valence-corrected chi connectivity index (χ2v) is 8.84. The summed E-state index contributed by atoms with van der Waals surface area (Å²) in [5, 5.41) is 11.9. The molecule has 1 aliphatic rings. The van der Waals surface area contributed by atoms with Gasteiger partial charge in [-0.1, -0.05) is 42.1 Å². The first-order valence-corrected chi connectivity index (χ1v) is 11.8. The minimum absolute atomic E-state index is 0.0758. The molecular weight excluding hydrogens is 464 g/mol. The van der Waals surface area contributed by atoms with E-state index in [-0.39, 0.29) is 28.8 Å². The molecule has 4 aromatic rings. The molecule has 0 saturated heterocycles. The molecule has 2 aromatic carbocycles. The molecule has 0 fully saturated rings. The molecule has 0 unspecified atom stereocenters. The van der Waals surface area contributed by atoms with Gasteiger partial charge in [-0.15, -0.1) is 16.8 Å². The van der Waals surface area contributed by atoms with Gasteiger partial charge >= 0.3 is 0 Å². The van der Waals surface area contributed by atoms with Crippen LogP contribution in [0, 0.1) is 6.92 Å². The standard InChI is InChI=1S/C26H20N4O4S/c1-3-11-30-25(17-10-12-34-15(17)2)28-29-26(30)35-14-22(31)27-16-8-9-20-21(13-16)24(33)19-7-5-4-6-18(19)23(20)32/h3-10,12-13H,1,11,14H2,2H3,(H,27,31). The van der Waals surface area contributed by atoms with E-state index in [0.717, 1.165) is 11.3 Å². The van der Waals surface area contributed by atoms with Crippen LogP contribution in [0.3, 0.4) is 0 Å². The largest absolute Gasteiger partial charge is 0.469 e. The maximum Gasteiger partial charge on any atom is 0.234 e. The number of furan rings is 1. The zero-order valence-electron chi connectivity index (χ0n) is 18.8. The molecule has 1 aliphatic carbocycles. The number of anilines is 1. The lowest BCUT2D eigenvalue weighted by atomic mass is 9.84. The van der Waals surface area contributed by atoms with Crippen molar-refractivity contribution < 1.29 is 18.8 Å². The van der Waals surface area contributed by atoms with E-state index in [0.29, 0.717) is 39.9 Å². The van der Waals surface area contributed by atoms with E-state index in [4.69, 9.17) is 4.42 Å². The number of benzene rings is 2. The highest BCUT2D eigenvalue weighted by molar-refractivity contribution is 7.99. The lowest BCUT2D eigenvalue weighted by Gasteiger charge is -2.18. The SMILES string of the molecule is C=CCn1c(SCC(=O)Nc2ccc3c(c2)C(=O)c2ccccc2C3=O)nnc1-c1ccoc1C. The number of carbonyl (C=O) groups excluding carboxylic acids is 3. The molecule has 0 saturated carbocycles. The first kappa shape index (κ1) is 22.5. The monoisotopic (exact) mass is 484 g/mol. The Kier molecular flexibility index (Phi) is 5.92. The third-order valence-corrected chi connectivity index (χ3v) is 6.64. The van der Waals surface area contributed by atoms with E-state index in [9.17, 15) is 14.4 Å². The van der Waals surface area contributed by atoms with E-state index in [1.165, 1.54) is 11.8 Å². The number of aryl methyl sites for hydroxylation is 1. The van der Waals surface area contributed by atoms with E-state index in [1.54, 1.807) is 54.8 Å². The van der Waals surface area contributed by atoms with Crippen LogP contribution < -0.4 is 5.32 Å². The summed E-state index contributed by atoms with van der Waals surface area (Å²) in [5.41, 5.74) is 2.65. The van der Waals surface area contributed by atoms with Crippen molar-refractivity contribution >= 4 is 34.9 Å². The molecule has 0 aliphatic heterocycles. The Labute approximate surface area is 205 Å². The average molecular weight is 485 g/mol. The summed E-state index contributed by atoms with van der Waals surface area (Å²) in [6.07, 6.45) is 3.32. The predicted octanol–water partition coefficient (Wildman–Crippen LogP) is 4.54. The number of carbonyl (C=O) groups is 3. The number of hydrogen-bond donors (Lipinski definition) is 1. The van der Waals surface area contributed by atoms with Crippen molar-refractivity contribution in [3.05, 3.63) is 95.5 Å². The van der Waals surface area contributed by atoms with E-state index < -0.39 is 0 Å². The number of nitrogens with one attached hydrogen (secondary N) is 1. The summed E-state index contributed by atoms with van der Waals surface area (Å²) in [7, 11) is 0. The van der Waals surface area contributed by atoms with E-state index >= 15 is 0 Å². The highest BCUT2D eigenvalue weighted by Gasteiger charge is 2.29. The van der Waals surface area contributed by atoms with Crippen LogP contribution in [-0.4, -0.2) is 38.0 Å². The van der Waals surface area contributed by atoms with Crippen molar-refractivity contribution in [1.29, 1.82) is 0 Å². The van der Waals surface area contributed by atoms with Gasteiger partial charge in [-0.05, 0) is 31.2 Å². The normalized spacial score (nSPS) is 12.3. The number of rotatable bonds is 7. The van der Waals surface area contributed by atoms with Crippen LogP contribution in [0.2, 0.25) is 0 Å². The molecule has 35 heavy (non-hydrogen) atoms. The van der Waals surface area contributed by atoms with Gasteiger partial charge in [-0.2, -0.15) is 0 Å². The smallest absolute Gasteiger partial charge is 0.234 e. The van der Waals surface area contributed by atoms with Crippen LogP contribution in [0.5, 0.6) is 0 Å². The number of nitrogens with zero attached hydrogens (tertiary/aromatic N) is 3. The Bertz CT molecular complexity index is 1500. The topological polar surface area (TPSA) is 107 Å². The van der Waals surface area contributed by atoms with Crippen molar-refractivity contribution in [2.75, 3.05) is 11.1 Å². The predicted molar refractivity (Wildman–Crippen MR) is 132 cm³/mol. The molecule has 9 heteroatoms. The van der Waals surface area contributed by atoms with Gasteiger partial charge in [0.25, 0.3) is 0 Å². The summed E-state index contributed by atoms with van der Waals surface area (Å²) in [6, 6.07) is 13.3. The van der Waals surface area contributed by atoms with Crippen LogP contribution >= 0.6 is 11.8 Å². The molecule has 0 spiro atoms. The summed E-state index contributed by atoms with van der Waals surface area (Å²) in [5.74, 6) is 0.720. The molecular formula is C26H20N4O4S. The van der Waals surface area contributed by atoms with Crippen LogP contribution in [0.4, 0.5) is 5.69 Å². The van der Waals surface area contributed by atoms with Gasteiger partial charge in [0.15, 0.2) is 22.5 Å². The lowest BCUT2D eigenvalue weighted by Crippen LogP contribution is -2.21. The number of aromatic nitrogens is 3. The molecule has 174 valence electrons. The Morgan fingerprint density at radius 3 is 2.43 bits per heavy atom. The molecule has 1 amide bonds. The van der Waals surface area contributed by atoms with Gasteiger partial charge < -0.3 is 9.73 Å². The lowest BCUT2D eigenvalue weighted by molar-refractivity contribution is -0.113. The fraction of sp³-hybridized carbons (Fsp3) is 0.115. The quantitative estimate of drug-likeness (QED) is 0.267. The van der Waals surface area contributed by atoms with Crippen LogP contribution in [0.25, 0.3) is 11.4 Å². The molecule has 2 aromatic heterocycles. The minimum atomic E-state index is -0.279. The number of fused-ring (bicyclic) bond motifs is 2. The van der Waals surface area contributed by atoms with Crippen LogP contribution in [-0.2, 0) is 11.3 Å². The fourth-order valence-corrected chi connectivity index (χ4v) is 4.76. The Hall–Kier alpha value is -4.24. The van der Waals surface area contributed by atoms with Crippen LogP contribution in [0.15, 0.2) is 77.0 Å².